The normalized spacial score (nSPS) is 10.4. The third-order valence-corrected chi connectivity index (χ3v) is 3.18. The summed E-state index contributed by atoms with van der Waals surface area (Å²) in [5.41, 5.74) is 10.7. The first-order chi connectivity index (χ1) is 9.72. The zero-order valence-corrected chi connectivity index (χ0v) is 11.2. The van der Waals surface area contributed by atoms with E-state index < -0.39 is 0 Å². The molecule has 1 aromatic heterocycles. The molecule has 0 amide bonds. The topological polar surface area (TPSA) is 66.7 Å². The third kappa shape index (κ3) is 2.49. The lowest BCUT2D eigenvalue weighted by Crippen LogP contribution is -1.96. The van der Waals surface area contributed by atoms with Crippen molar-refractivity contribution in [1.29, 1.82) is 0 Å². The number of aromatic nitrogens is 2. The molecule has 0 spiro atoms. The number of nitrogens with one attached hydrogen (secondary N) is 2. The summed E-state index contributed by atoms with van der Waals surface area (Å²) in [6.45, 7) is 2.03. The molecule has 2 aromatic carbocycles. The summed E-state index contributed by atoms with van der Waals surface area (Å²) in [6.07, 6.45) is 1.82. The first-order valence-corrected chi connectivity index (χ1v) is 6.46. The predicted molar refractivity (Wildman–Crippen MR) is 82.9 cm³/mol. The van der Waals surface area contributed by atoms with Gasteiger partial charge in [0.25, 0.3) is 0 Å². The summed E-state index contributed by atoms with van der Waals surface area (Å²) >= 11 is 0. The average molecular weight is 264 g/mol. The number of benzene rings is 2. The Kier molecular flexibility index (Phi) is 3.13. The lowest BCUT2D eigenvalue weighted by molar-refractivity contribution is 1.27. The minimum Gasteiger partial charge on any atom is -0.399 e. The van der Waals surface area contributed by atoms with Crippen molar-refractivity contribution in [3.8, 4) is 11.3 Å². The first kappa shape index (κ1) is 12.3. The molecule has 0 aliphatic heterocycles. The fourth-order valence-corrected chi connectivity index (χ4v) is 2.05. The molecule has 0 unspecified atom stereocenters. The summed E-state index contributed by atoms with van der Waals surface area (Å²) in [6, 6.07) is 15.9. The van der Waals surface area contributed by atoms with Crippen molar-refractivity contribution in [1.82, 2.24) is 9.97 Å². The molecule has 0 bridgehead atoms. The van der Waals surface area contributed by atoms with E-state index in [4.69, 9.17) is 5.73 Å². The highest BCUT2D eigenvalue weighted by Crippen LogP contribution is 2.23. The largest absolute Gasteiger partial charge is 0.399 e. The molecule has 4 N–H and O–H groups in total. The maximum absolute atomic E-state index is 5.81. The Hall–Kier alpha value is -2.75. The summed E-state index contributed by atoms with van der Waals surface area (Å²) < 4.78 is 0. The van der Waals surface area contributed by atoms with Crippen LogP contribution in [0.1, 0.15) is 5.56 Å². The van der Waals surface area contributed by atoms with Gasteiger partial charge in [-0.3, -0.25) is 0 Å². The number of anilines is 3. The fourth-order valence-electron chi connectivity index (χ4n) is 2.05. The number of hydrogen-bond acceptors (Lipinski definition) is 3. The van der Waals surface area contributed by atoms with E-state index in [0.29, 0.717) is 5.95 Å². The lowest BCUT2D eigenvalue weighted by Gasteiger charge is -2.07. The Morgan fingerprint density at radius 1 is 1.10 bits per heavy atom. The van der Waals surface area contributed by atoms with Crippen molar-refractivity contribution in [3.05, 3.63) is 60.3 Å². The van der Waals surface area contributed by atoms with Crippen LogP contribution in [-0.2, 0) is 0 Å². The van der Waals surface area contributed by atoms with Gasteiger partial charge in [-0.25, -0.2) is 4.98 Å². The molecular formula is C16H16N4. The van der Waals surface area contributed by atoms with Crippen LogP contribution in [0.5, 0.6) is 0 Å². The van der Waals surface area contributed by atoms with Gasteiger partial charge in [0.1, 0.15) is 0 Å². The molecule has 0 radical (unpaired) electrons. The number of nitrogen functional groups attached to an aromatic ring is 1. The second-order valence-electron chi connectivity index (χ2n) is 4.71. The van der Waals surface area contributed by atoms with Gasteiger partial charge in [-0.1, -0.05) is 36.4 Å². The summed E-state index contributed by atoms with van der Waals surface area (Å²) in [5.74, 6) is 0.706. The molecule has 3 rings (SSSR count). The Balaban J connectivity index is 1.86. The zero-order valence-electron chi connectivity index (χ0n) is 11.2. The summed E-state index contributed by atoms with van der Waals surface area (Å²) in [4.78, 5) is 7.61. The van der Waals surface area contributed by atoms with Crippen LogP contribution in [0.25, 0.3) is 11.3 Å². The number of nitrogens with zero attached hydrogens (tertiary/aromatic N) is 1. The smallest absolute Gasteiger partial charge is 0.205 e. The Labute approximate surface area is 117 Å². The van der Waals surface area contributed by atoms with Crippen LogP contribution < -0.4 is 11.1 Å². The maximum Gasteiger partial charge on any atom is 0.205 e. The van der Waals surface area contributed by atoms with Gasteiger partial charge >= 0.3 is 0 Å². The highest BCUT2D eigenvalue weighted by atomic mass is 15.1. The van der Waals surface area contributed by atoms with Gasteiger partial charge in [-0.15, -0.1) is 0 Å². The van der Waals surface area contributed by atoms with Crippen LogP contribution in [0.2, 0.25) is 0 Å². The van der Waals surface area contributed by atoms with Crippen molar-refractivity contribution >= 4 is 17.3 Å². The van der Waals surface area contributed by atoms with E-state index in [2.05, 4.69) is 15.3 Å². The van der Waals surface area contributed by atoms with E-state index in [1.165, 1.54) is 0 Å². The minimum atomic E-state index is 0.706. The van der Waals surface area contributed by atoms with E-state index in [1.807, 2.05) is 61.7 Å². The molecule has 0 atom stereocenters. The average Bonchev–Trinajstić information content (AvgIpc) is 2.92. The van der Waals surface area contributed by atoms with Gasteiger partial charge in [0, 0.05) is 11.4 Å². The van der Waals surface area contributed by atoms with E-state index in [9.17, 15) is 0 Å². The molecule has 0 aliphatic carbocycles. The SMILES string of the molecule is Cc1ccc(N)cc1Nc1ncc(-c2ccccc2)[nH]1. The van der Waals surface area contributed by atoms with E-state index in [1.54, 1.807) is 0 Å². The molecule has 4 nitrogen and oxygen atoms in total. The van der Waals surface area contributed by atoms with Crippen molar-refractivity contribution in [3.63, 3.8) is 0 Å². The second kappa shape index (κ2) is 5.09. The van der Waals surface area contributed by atoms with E-state index in [0.717, 1.165) is 28.2 Å². The molecule has 20 heavy (non-hydrogen) atoms. The van der Waals surface area contributed by atoms with Crippen LogP contribution in [0.3, 0.4) is 0 Å². The molecule has 3 aromatic rings. The van der Waals surface area contributed by atoms with Crippen molar-refractivity contribution in [2.75, 3.05) is 11.1 Å². The van der Waals surface area contributed by atoms with Gasteiger partial charge in [0.05, 0.1) is 11.9 Å². The quantitative estimate of drug-likeness (QED) is 0.632. The highest BCUT2D eigenvalue weighted by molar-refractivity contribution is 5.66. The van der Waals surface area contributed by atoms with Gasteiger partial charge in [-0.05, 0) is 30.2 Å². The summed E-state index contributed by atoms with van der Waals surface area (Å²) in [5, 5.41) is 3.26. The fraction of sp³-hybridized carbons (Fsp3) is 0.0625. The molecule has 0 fully saturated rings. The Morgan fingerprint density at radius 2 is 1.90 bits per heavy atom. The van der Waals surface area contributed by atoms with Crippen molar-refractivity contribution < 1.29 is 0 Å². The zero-order chi connectivity index (χ0) is 13.9. The van der Waals surface area contributed by atoms with Crippen LogP contribution in [-0.4, -0.2) is 9.97 Å². The minimum absolute atomic E-state index is 0.706. The molecule has 1 heterocycles. The second-order valence-corrected chi connectivity index (χ2v) is 4.71. The molecule has 0 saturated carbocycles. The molecule has 0 saturated heterocycles. The monoisotopic (exact) mass is 264 g/mol. The van der Waals surface area contributed by atoms with Crippen LogP contribution in [0, 0.1) is 6.92 Å². The molecule has 0 aliphatic rings. The number of H-pyrrole nitrogens is 1. The van der Waals surface area contributed by atoms with Gasteiger partial charge in [-0.2, -0.15) is 0 Å². The molecule has 100 valence electrons. The highest BCUT2D eigenvalue weighted by Gasteiger charge is 2.05. The molecular weight excluding hydrogens is 248 g/mol. The molecule has 4 heteroatoms. The Morgan fingerprint density at radius 3 is 2.70 bits per heavy atom. The van der Waals surface area contributed by atoms with Crippen LogP contribution >= 0.6 is 0 Å². The Bertz CT molecular complexity index is 716. The van der Waals surface area contributed by atoms with Gasteiger partial charge in [0.15, 0.2) is 0 Å². The lowest BCUT2D eigenvalue weighted by atomic mass is 10.2. The van der Waals surface area contributed by atoms with E-state index >= 15 is 0 Å². The van der Waals surface area contributed by atoms with Gasteiger partial charge in [0.2, 0.25) is 5.95 Å². The van der Waals surface area contributed by atoms with Gasteiger partial charge < -0.3 is 16.0 Å². The number of hydrogen-bond donors (Lipinski definition) is 3. The summed E-state index contributed by atoms with van der Waals surface area (Å²) in [7, 11) is 0. The number of nitrogens with two attached hydrogens (primary N) is 1. The number of imidazole rings is 1. The van der Waals surface area contributed by atoms with E-state index in [-0.39, 0.29) is 0 Å². The van der Waals surface area contributed by atoms with Crippen molar-refractivity contribution in [2.24, 2.45) is 0 Å². The predicted octanol–water partition coefficient (Wildman–Crippen LogP) is 3.71. The van der Waals surface area contributed by atoms with Crippen molar-refractivity contribution in [2.45, 2.75) is 6.92 Å². The number of aryl methyl sites for hydroxylation is 1. The number of rotatable bonds is 3. The van der Waals surface area contributed by atoms with Crippen LogP contribution in [0.15, 0.2) is 54.7 Å². The maximum atomic E-state index is 5.81. The standard InChI is InChI=1S/C16H16N4/c1-11-7-8-13(17)9-14(11)19-16-18-10-15(20-16)12-5-3-2-4-6-12/h2-10H,17H2,1H3,(H2,18,19,20). The number of aromatic amines is 1. The van der Waals surface area contributed by atoms with Crippen LogP contribution in [0.4, 0.5) is 17.3 Å². The third-order valence-electron chi connectivity index (χ3n) is 3.18. The first-order valence-electron chi connectivity index (χ1n) is 6.46.